The van der Waals surface area contributed by atoms with Gasteiger partial charge in [-0.25, -0.2) is 13.8 Å². The molecule has 6 nitrogen and oxygen atoms in total. The molecule has 1 aromatic heterocycles. The molecule has 2 heterocycles. The molecular formula is C18H17F5N4O2S. The predicted octanol–water partition coefficient (Wildman–Crippen LogP) is 4.19. The molecule has 1 fully saturated rings. The van der Waals surface area contributed by atoms with Crippen molar-refractivity contribution in [3.05, 3.63) is 42.6 Å². The number of nitrogens with zero attached hydrogens (tertiary/aromatic N) is 2. The molecule has 1 unspecified atom stereocenters. The summed E-state index contributed by atoms with van der Waals surface area (Å²) in [5.41, 5.74) is 0.176. The topological polar surface area (TPSA) is 80.5 Å². The lowest BCUT2D eigenvalue weighted by atomic mass is 9.96. The van der Waals surface area contributed by atoms with E-state index < -0.39 is 42.8 Å². The number of pyridine rings is 1. The Balaban J connectivity index is 1.91. The lowest BCUT2D eigenvalue weighted by Gasteiger charge is -2.40. The van der Waals surface area contributed by atoms with E-state index in [9.17, 15) is 26.7 Å². The number of hydrogen-bond donors (Lipinski definition) is 2. The standard InChI is InChI=1S/C18H17F5N4O2S/c19-17(20)6-8-27(12-3-1-2-4-14(12)29-18(21,22)23)13(10-17)16(28)26-11-5-7-25-15(9-11)30-24/h1-5,7,9,13H,6,8,10,24H2,(H,25,26,28). The minimum Gasteiger partial charge on any atom is -0.404 e. The lowest BCUT2D eigenvalue weighted by Crippen LogP contribution is -2.53. The second-order valence-corrected chi connectivity index (χ2v) is 7.18. The van der Waals surface area contributed by atoms with Crippen LogP contribution in [0, 0.1) is 0 Å². The smallest absolute Gasteiger partial charge is 0.404 e. The first-order valence-electron chi connectivity index (χ1n) is 8.71. The molecule has 1 aliphatic rings. The zero-order valence-corrected chi connectivity index (χ0v) is 16.1. The number of benzene rings is 1. The molecule has 0 spiro atoms. The summed E-state index contributed by atoms with van der Waals surface area (Å²) in [6.45, 7) is -0.330. The molecule has 1 aliphatic heterocycles. The molecule has 1 saturated heterocycles. The highest BCUT2D eigenvalue weighted by Gasteiger charge is 2.45. The third-order valence-electron chi connectivity index (χ3n) is 4.41. The van der Waals surface area contributed by atoms with Gasteiger partial charge < -0.3 is 15.0 Å². The molecule has 0 radical (unpaired) electrons. The number of aromatic nitrogens is 1. The number of nitrogens with one attached hydrogen (secondary N) is 1. The Morgan fingerprint density at radius 1 is 1.30 bits per heavy atom. The Morgan fingerprint density at radius 2 is 2.03 bits per heavy atom. The zero-order valence-electron chi connectivity index (χ0n) is 15.3. The van der Waals surface area contributed by atoms with E-state index in [2.05, 4.69) is 15.0 Å². The van der Waals surface area contributed by atoms with E-state index >= 15 is 0 Å². The van der Waals surface area contributed by atoms with Crippen molar-refractivity contribution in [1.82, 2.24) is 4.98 Å². The summed E-state index contributed by atoms with van der Waals surface area (Å²) < 4.78 is 70.5. The molecule has 2 aromatic rings. The maximum Gasteiger partial charge on any atom is 0.573 e. The highest BCUT2D eigenvalue weighted by Crippen LogP contribution is 2.40. The third kappa shape index (κ3) is 5.51. The first-order valence-corrected chi connectivity index (χ1v) is 9.59. The van der Waals surface area contributed by atoms with Crippen LogP contribution < -0.4 is 20.1 Å². The first-order chi connectivity index (χ1) is 14.1. The van der Waals surface area contributed by atoms with Crippen LogP contribution in [0.15, 0.2) is 47.6 Å². The Morgan fingerprint density at radius 3 is 2.73 bits per heavy atom. The van der Waals surface area contributed by atoms with E-state index in [1.807, 2.05) is 0 Å². The van der Waals surface area contributed by atoms with Gasteiger partial charge in [0, 0.05) is 31.3 Å². The van der Waals surface area contributed by atoms with Crippen LogP contribution in [0.3, 0.4) is 0 Å². The van der Waals surface area contributed by atoms with Crippen molar-refractivity contribution in [1.29, 1.82) is 0 Å². The van der Waals surface area contributed by atoms with Crippen LogP contribution in [0.25, 0.3) is 0 Å². The van der Waals surface area contributed by atoms with E-state index in [4.69, 9.17) is 5.14 Å². The van der Waals surface area contributed by atoms with Crippen LogP contribution in [-0.4, -0.2) is 35.8 Å². The van der Waals surface area contributed by atoms with Crippen molar-refractivity contribution in [3.8, 4) is 5.75 Å². The number of ether oxygens (including phenoxy) is 1. The molecule has 1 aromatic carbocycles. The lowest BCUT2D eigenvalue weighted by molar-refractivity contribution is -0.274. The van der Waals surface area contributed by atoms with Crippen LogP contribution in [0.1, 0.15) is 12.8 Å². The average Bonchev–Trinajstić information content (AvgIpc) is 2.67. The normalized spacial score (nSPS) is 18.7. The number of piperidine rings is 1. The quantitative estimate of drug-likeness (QED) is 0.528. The summed E-state index contributed by atoms with van der Waals surface area (Å²) in [5, 5.41) is 8.32. The molecular weight excluding hydrogens is 431 g/mol. The number of carbonyl (C=O) groups is 1. The highest BCUT2D eigenvalue weighted by molar-refractivity contribution is 7.97. The summed E-state index contributed by atoms with van der Waals surface area (Å²) >= 11 is 0.834. The Bertz CT molecular complexity index is 912. The van der Waals surface area contributed by atoms with Gasteiger partial charge in [-0.2, -0.15) is 0 Å². The summed E-state index contributed by atoms with van der Waals surface area (Å²) in [4.78, 5) is 18.0. The number of rotatable bonds is 5. The minimum absolute atomic E-state index is 0.0987. The second kappa shape index (κ2) is 8.64. The fraction of sp³-hybridized carbons (Fsp3) is 0.333. The fourth-order valence-corrected chi connectivity index (χ4v) is 3.46. The van der Waals surface area contributed by atoms with Gasteiger partial charge in [0.1, 0.15) is 11.1 Å². The Hall–Kier alpha value is -2.60. The van der Waals surface area contributed by atoms with Crippen molar-refractivity contribution < 1.29 is 31.5 Å². The number of nitrogens with two attached hydrogens (primary N) is 1. The molecule has 1 atom stereocenters. The van der Waals surface area contributed by atoms with Crippen molar-refractivity contribution in [3.63, 3.8) is 0 Å². The van der Waals surface area contributed by atoms with Gasteiger partial charge in [0.2, 0.25) is 5.91 Å². The molecule has 3 N–H and O–H groups in total. The third-order valence-corrected chi connectivity index (χ3v) is 4.88. The van der Waals surface area contributed by atoms with Crippen LogP contribution in [0.5, 0.6) is 5.75 Å². The summed E-state index contributed by atoms with van der Waals surface area (Å²) in [6, 6.07) is 6.60. The molecule has 3 rings (SSSR count). The van der Waals surface area contributed by atoms with Gasteiger partial charge in [0.25, 0.3) is 5.92 Å². The fourth-order valence-electron chi connectivity index (χ4n) is 3.14. The molecule has 0 saturated carbocycles. The van der Waals surface area contributed by atoms with Gasteiger partial charge >= 0.3 is 6.36 Å². The Labute approximate surface area is 172 Å². The van der Waals surface area contributed by atoms with Crippen molar-refractivity contribution in [2.75, 3.05) is 16.8 Å². The van der Waals surface area contributed by atoms with Crippen LogP contribution in [0.2, 0.25) is 0 Å². The van der Waals surface area contributed by atoms with Gasteiger partial charge in [-0.05, 0) is 36.2 Å². The van der Waals surface area contributed by atoms with Gasteiger partial charge in [-0.1, -0.05) is 12.1 Å². The summed E-state index contributed by atoms with van der Waals surface area (Å²) in [7, 11) is 0. The maximum absolute atomic E-state index is 14.1. The predicted molar refractivity (Wildman–Crippen MR) is 101 cm³/mol. The van der Waals surface area contributed by atoms with E-state index in [0.717, 1.165) is 18.0 Å². The van der Waals surface area contributed by atoms with Gasteiger partial charge in [-0.3, -0.25) is 9.93 Å². The van der Waals surface area contributed by atoms with E-state index in [1.54, 1.807) is 0 Å². The zero-order chi connectivity index (χ0) is 21.9. The number of amides is 1. The number of alkyl halides is 5. The summed E-state index contributed by atoms with van der Waals surface area (Å²) in [6.07, 6.45) is -5.06. The largest absolute Gasteiger partial charge is 0.573 e. The van der Waals surface area contributed by atoms with Crippen molar-refractivity contribution >= 4 is 29.2 Å². The molecule has 162 valence electrons. The van der Waals surface area contributed by atoms with Crippen LogP contribution >= 0.6 is 11.9 Å². The van der Waals surface area contributed by atoms with E-state index in [0.29, 0.717) is 5.03 Å². The van der Waals surface area contributed by atoms with Crippen molar-refractivity contribution in [2.45, 2.75) is 36.2 Å². The molecule has 0 bridgehead atoms. The number of hydrogen-bond acceptors (Lipinski definition) is 6. The number of para-hydroxylation sites is 2. The van der Waals surface area contributed by atoms with Crippen molar-refractivity contribution in [2.24, 2.45) is 5.14 Å². The van der Waals surface area contributed by atoms with E-state index in [1.165, 1.54) is 41.4 Å². The maximum atomic E-state index is 14.1. The number of anilines is 2. The number of carbonyl (C=O) groups excluding carboxylic acids is 1. The first kappa shape index (κ1) is 22.1. The molecule has 0 aliphatic carbocycles. The number of halogens is 5. The molecule has 12 heteroatoms. The van der Waals surface area contributed by atoms with Crippen LogP contribution in [-0.2, 0) is 4.79 Å². The molecule has 1 amide bonds. The van der Waals surface area contributed by atoms with Gasteiger partial charge in [0.05, 0.1) is 5.69 Å². The monoisotopic (exact) mass is 448 g/mol. The highest BCUT2D eigenvalue weighted by atomic mass is 32.2. The summed E-state index contributed by atoms with van der Waals surface area (Å²) in [5.74, 6) is -4.51. The van der Waals surface area contributed by atoms with Gasteiger partial charge in [-0.15, -0.1) is 13.2 Å². The van der Waals surface area contributed by atoms with Crippen LogP contribution in [0.4, 0.5) is 33.3 Å². The Kier molecular flexibility index (Phi) is 6.36. The van der Waals surface area contributed by atoms with Gasteiger partial charge in [0.15, 0.2) is 5.75 Å². The molecule has 30 heavy (non-hydrogen) atoms. The average molecular weight is 448 g/mol. The second-order valence-electron chi connectivity index (χ2n) is 6.52. The SMILES string of the molecule is NSc1cc(NC(=O)C2CC(F)(F)CCN2c2ccccc2OC(F)(F)F)ccn1. The van der Waals surface area contributed by atoms with E-state index in [-0.39, 0.29) is 17.9 Å². The minimum atomic E-state index is -4.97.